The Kier molecular flexibility index (Phi) is 3.76. The number of rotatable bonds is 4. The van der Waals surface area contributed by atoms with Gasteiger partial charge in [0.2, 0.25) is 0 Å². The standard InChI is InChI=1S/C12H16O4S/c1-5-10-7-6-8-11(9(10)2)12(3,4)16-17(13,14)15/h5-8H,1H2,2-4H3,(H,13,14,15). The van der Waals surface area contributed by atoms with Gasteiger partial charge in [0.1, 0.15) is 5.60 Å². The van der Waals surface area contributed by atoms with Gasteiger partial charge in [-0.2, -0.15) is 8.42 Å². The summed E-state index contributed by atoms with van der Waals surface area (Å²) in [6.07, 6.45) is 1.68. The van der Waals surface area contributed by atoms with Crippen molar-refractivity contribution in [2.24, 2.45) is 0 Å². The Hall–Kier alpha value is -1.17. The van der Waals surface area contributed by atoms with Gasteiger partial charge in [0.05, 0.1) is 0 Å². The highest BCUT2D eigenvalue weighted by Gasteiger charge is 2.29. The lowest BCUT2D eigenvalue weighted by atomic mass is 9.91. The molecule has 1 rings (SSSR count). The van der Waals surface area contributed by atoms with Crippen molar-refractivity contribution in [1.29, 1.82) is 0 Å². The van der Waals surface area contributed by atoms with E-state index in [0.717, 1.165) is 11.1 Å². The van der Waals surface area contributed by atoms with Gasteiger partial charge < -0.3 is 0 Å². The Balaban J connectivity index is 3.28. The van der Waals surface area contributed by atoms with Gasteiger partial charge in [-0.3, -0.25) is 4.55 Å². The molecule has 0 saturated heterocycles. The fourth-order valence-electron chi connectivity index (χ4n) is 1.84. The molecule has 0 aliphatic heterocycles. The number of hydrogen-bond acceptors (Lipinski definition) is 3. The van der Waals surface area contributed by atoms with Gasteiger partial charge in [0.25, 0.3) is 0 Å². The van der Waals surface area contributed by atoms with Gasteiger partial charge in [-0.25, -0.2) is 4.18 Å². The maximum absolute atomic E-state index is 10.8. The minimum atomic E-state index is -4.49. The molecule has 0 radical (unpaired) electrons. The molecule has 17 heavy (non-hydrogen) atoms. The van der Waals surface area contributed by atoms with Crippen LogP contribution in [0.15, 0.2) is 24.8 Å². The van der Waals surface area contributed by atoms with Crippen LogP contribution in [-0.4, -0.2) is 13.0 Å². The summed E-state index contributed by atoms with van der Waals surface area (Å²) >= 11 is 0. The van der Waals surface area contributed by atoms with Crippen LogP contribution in [0.2, 0.25) is 0 Å². The molecule has 1 aromatic rings. The van der Waals surface area contributed by atoms with Crippen molar-refractivity contribution < 1.29 is 17.2 Å². The van der Waals surface area contributed by atoms with E-state index in [-0.39, 0.29) is 0 Å². The first-order valence-electron chi connectivity index (χ1n) is 5.08. The van der Waals surface area contributed by atoms with Crippen LogP contribution in [0.25, 0.3) is 6.08 Å². The predicted octanol–water partition coefficient (Wildman–Crippen LogP) is 2.69. The summed E-state index contributed by atoms with van der Waals surface area (Å²) in [6.45, 7) is 8.69. The molecule has 1 N–H and O–H groups in total. The van der Waals surface area contributed by atoms with Crippen molar-refractivity contribution in [3.63, 3.8) is 0 Å². The third-order valence-electron chi connectivity index (χ3n) is 2.56. The molecule has 0 fully saturated rings. The second-order valence-corrected chi connectivity index (χ2v) is 5.27. The van der Waals surface area contributed by atoms with E-state index in [1.54, 1.807) is 32.1 Å². The van der Waals surface area contributed by atoms with Crippen molar-refractivity contribution in [2.45, 2.75) is 26.4 Å². The summed E-state index contributed by atoms with van der Waals surface area (Å²) in [4.78, 5) is 0. The van der Waals surface area contributed by atoms with Crippen LogP contribution in [0, 0.1) is 6.92 Å². The van der Waals surface area contributed by atoms with E-state index >= 15 is 0 Å². The Morgan fingerprint density at radius 2 is 2.00 bits per heavy atom. The molecule has 0 aliphatic carbocycles. The molecule has 0 atom stereocenters. The highest BCUT2D eigenvalue weighted by Crippen LogP contribution is 2.30. The first-order valence-corrected chi connectivity index (χ1v) is 6.44. The minimum absolute atomic E-state index is 0.688. The number of benzene rings is 1. The lowest BCUT2D eigenvalue weighted by molar-refractivity contribution is 0.0979. The quantitative estimate of drug-likeness (QED) is 0.841. The van der Waals surface area contributed by atoms with Crippen LogP contribution in [-0.2, 0) is 20.2 Å². The van der Waals surface area contributed by atoms with Gasteiger partial charge in [-0.1, -0.05) is 30.9 Å². The summed E-state index contributed by atoms with van der Waals surface area (Å²) in [5.41, 5.74) is 1.33. The van der Waals surface area contributed by atoms with E-state index in [9.17, 15) is 8.42 Å². The molecule has 94 valence electrons. The lowest BCUT2D eigenvalue weighted by Crippen LogP contribution is -2.26. The molecule has 0 unspecified atom stereocenters. The summed E-state index contributed by atoms with van der Waals surface area (Å²) < 4.78 is 35.0. The van der Waals surface area contributed by atoms with Crippen LogP contribution >= 0.6 is 0 Å². The van der Waals surface area contributed by atoms with E-state index in [1.165, 1.54) is 0 Å². The average molecular weight is 256 g/mol. The van der Waals surface area contributed by atoms with Gasteiger partial charge in [0.15, 0.2) is 0 Å². The van der Waals surface area contributed by atoms with E-state index in [1.807, 2.05) is 13.0 Å². The van der Waals surface area contributed by atoms with Gasteiger partial charge in [-0.05, 0) is 37.5 Å². The Morgan fingerprint density at radius 1 is 1.41 bits per heavy atom. The van der Waals surface area contributed by atoms with Crippen molar-refractivity contribution >= 4 is 16.5 Å². The zero-order chi connectivity index (χ0) is 13.3. The Bertz CT molecular complexity index is 529. The Labute approximate surface area is 102 Å². The molecule has 1 aromatic carbocycles. The first-order chi connectivity index (χ1) is 7.67. The predicted molar refractivity (Wildman–Crippen MR) is 66.9 cm³/mol. The smallest absolute Gasteiger partial charge is 0.264 e. The van der Waals surface area contributed by atoms with Crippen molar-refractivity contribution in [2.75, 3.05) is 0 Å². The third kappa shape index (κ3) is 3.39. The molecule has 0 bridgehead atoms. The van der Waals surface area contributed by atoms with Crippen LogP contribution in [0.3, 0.4) is 0 Å². The fourth-order valence-corrected chi connectivity index (χ4v) is 2.45. The monoisotopic (exact) mass is 256 g/mol. The fraction of sp³-hybridized carbons (Fsp3) is 0.333. The van der Waals surface area contributed by atoms with E-state index < -0.39 is 16.0 Å². The summed E-state index contributed by atoms with van der Waals surface area (Å²) in [6, 6.07) is 5.41. The van der Waals surface area contributed by atoms with Crippen LogP contribution < -0.4 is 0 Å². The third-order valence-corrected chi connectivity index (χ3v) is 3.19. The molecule has 0 heterocycles. The molecule has 0 spiro atoms. The maximum Gasteiger partial charge on any atom is 0.398 e. The van der Waals surface area contributed by atoms with Crippen molar-refractivity contribution in [3.8, 4) is 0 Å². The number of hydrogen-bond donors (Lipinski definition) is 1. The average Bonchev–Trinajstić information content (AvgIpc) is 2.14. The molecule has 4 nitrogen and oxygen atoms in total. The normalized spacial score (nSPS) is 12.5. The molecular weight excluding hydrogens is 240 g/mol. The van der Waals surface area contributed by atoms with E-state index in [4.69, 9.17) is 4.55 Å². The summed E-state index contributed by atoms with van der Waals surface area (Å²) in [7, 11) is -4.49. The molecular formula is C12H16O4S. The summed E-state index contributed by atoms with van der Waals surface area (Å²) in [5, 5.41) is 0. The topological polar surface area (TPSA) is 63.6 Å². The van der Waals surface area contributed by atoms with E-state index in [2.05, 4.69) is 10.8 Å². The minimum Gasteiger partial charge on any atom is -0.264 e. The molecule has 0 aliphatic rings. The summed E-state index contributed by atoms with van der Waals surface area (Å²) in [5.74, 6) is 0. The van der Waals surface area contributed by atoms with Crippen LogP contribution in [0.1, 0.15) is 30.5 Å². The molecule has 5 heteroatoms. The largest absolute Gasteiger partial charge is 0.398 e. The zero-order valence-corrected chi connectivity index (χ0v) is 10.9. The van der Waals surface area contributed by atoms with E-state index in [0.29, 0.717) is 5.56 Å². The van der Waals surface area contributed by atoms with Crippen LogP contribution in [0.5, 0.6) is 0 Å². The molecule has 0 aromatic heterocycles. The van der Waals surface area contributed by atoms with Gasteiger partial charge in [0, 0.05) is 0 Å². The highest BCUT2D eigenvalue weighted by atomic mass is 32.3. The second kappa shape index (κ2) is 4.60. The van der Waals surface area contributed by atoms with Crippen LogP contribution in [0.4, 0.5) is 0 Å². The molecule has 0 amide bonds. The van der Waals surface area contributed by atoms with Gasteiger partial charge >= 0.3 is 10.4 Å². The van der Waals surface area contributed by atoms with Crippen molar-refractivity contribution in [1.82, 2.24) is 0 Å². The Morgan fingerprint density at radius 3 is 2.47 bits per heavy atom. The lowest BCUT2D eigenvalue weighted by Gasteiger charge is -2.25. The first kappa shape index (κ1) is 13.9. The second-order valence-electron chi connectivity index (χ2n) is 4.25. The highest BCUT2D eigenvalue weighted by molar-refractivity contribution is 7.80. The maximum atomic E-state index is 10.8. The van der Waals surface area contributed by atoms with Crippen molar-refractivity contribution in [3.05, 3.63) is 41.5 Å². The zero-order valence-electron chi connectivity index (χ0n) is 10.1. The van der Waals surface area contributed by atoms with Gasteiger partial charge in [-0.15, -0.1) is 0 Å². The molecule has 0 saturated carbocycles. The SMILES string of the molecule is C=Cc1cccc(C(C)(C)OS(=O)(=O)O)c1C.